The van der Waals surface area contributed by atoms with Crippen LogP contribution in [0.5, 0.6) is 17.2 Å². The van der Waals surface area contributed by atoms with E-state index >= 15 is 0 Å². The van der Waals surface area contributed by atoms with Crippen LogP contribution in [0.2, 0.25) is 0 Å². The number of pyridine rings is 1. The number of rotatable bonds is 10. The van der Waals surface area contributed by atoms with E-state index in [9.17, 15) is 9.67 Å². The van der Waals surface area contributed by atoms with Gasteiger partial charge in [0.2, 0.25) is 5.75 Å². The predicted octanol–water partition coefficient (Wildman–Crippen LogP) is 4.48. The Balaban J connectivity index is 2.62. The van der Waals surface area contributed by atoms with Crippen molar-refractivity contribution in [2.24, 2.45) is 0 Å². The van der Waals surface area contributed by atoms with Crippen LogP contribution >= 0.6 is 7.60 Å². The van der Waals surface area contributed by atoms with E-state index in [2.05, 4.69) is 10.3 Å². The van der Waals surface area contributed by atoms with Crippen molar-refractivity contribution in [1.82, 2.24) is 4.98 Å². The lowest BCUT2D eigenvalue weighted by atomic mass is 10.1. The third kappa shape index (κ3) is 5.04. The maximum absolute atomic E-state index is 13.5. The summed E-state index contributed by atoms with van der Waals surface area (Å²) in [4.78, 5) is 4.04. The third-order valence-corrected chi connectivity index (χ3v) is 5.88. The Morgan fingerprint density at radius 2 is 1.79 bits per heavy atom. The molecule has 2 rings (SSSR count). The minimum absolute atomic E-state index is 0.157. The van der Waals surface area contributed by atoms with Gasteiger partial charge in [-0.05, 0) is 43.7 Å². The summed E-state index contributed by atoms with van der Waals surface area (Å²) in [7, 11) is -0.845. The Morgan fingerprint density at radius 3 is 2.25 bits per heavy atom. The Labute approximate surface area is 164 Å². The Morgan fingerprint density at radius 1 is 1.18 bits per heavy atom. The molecule has 0 amide bonds. The van der Waals surface area contributed by atoms with E-state index in [1.165, 1.54) is 20.4 Å². The summed E-state index contributed by atoms with van der Waals surface area (Å²) in [6.07, 6.45) is 4.81. The molecule has 0 unspecified atom stereocenters. The van der Waals surface area contributed by atoms with Crippen LogP contribution in [0.3, 0.4) is 0 Å². The molecule has 8 nitrogen and oxygen atoms in total. The number of nitrogens with zero attached hydrogens (tertiary/aromatic N) is 1. The molecule has 0 aliphatic heterocycles. The van der Waals surface area contributed by atoms with Crippen LogP contribution in [-0.4, -0.2) is 37.5 Å². The largest absolute Gasteiger partial charge is 0.502 e. The molecule has 1 aromatic carbocycles. The Bertz CT molecular complexity index is 822. The van der Waals surface area contributed by atoms with Crippen molar-refractivity contribution in [2.75, 3.05) is 32.8 Å². The van der Waals surface area contributed by atoms with Gasteiger partial charge in [-0.3, -0.25) is 9.55 Å². The van der Waals surface area contributed by atoms with Crippen molar-refractivity contribution in [3.8, 4) is 17.2 Å². The van der Waals surface area contributed by atoms with Gasteiger partial charge in [-0.2, -0.15) is 0 Å². The molecule has 0 atom stereocenters. The molecule has 1 heterocycles. The van der Waals surface area contributed by atoms with Crippen LogP contribution < -0.4 is 14.8 Å². The van der Waals surface area contributed by atoms with Gasteiger partial charge in [-0.15, -0.1) is 0 Å². The highest BCUT2D eigenvalue weighted by atomic mass is 31.2. The third-order valence-electron chi connectivity index (χ3n) is 3.71. The summed E-state index contributed by atoms with van der Waals surface area (Å²) < 4.78 is 35.0. The van der Waals surface area contributed by atoms with E-state index in [0.29, 0.717) is 11.3 Å². The molecule has 0 bridgehead atoms. The quantitative estimate of drug-likeness (QED) is 0.555. The first kappa shape index (κ1) is 21.8. The second-order valence-corrected chi connectivity index (χ2v) is 7.47. The second-order valence-electron chi connectivity index (χ2n) is 5.48. The van der Waals surface area contributed by atoms with E-state index in [1.807, 2.05) is 6.07 Å². The number of hydrogen-bond donors (Lipinski definition) is 2. The zero-order chi connectivity index (χ0) is 20.6. The van der Waals surface area contributed by atoms with Gasteiger partial charge >= 0.3 is 7.60 Å². The van der Waals surface area contributed by atoms with E-state index in [0.717, 1.165) is 0 Å². The van der Waals surface area contributed by atoms with Crippen molar-refractivity contribution in [3.05, 3.63) is 48.4 Å². The van der Waals surface area contributed by atoms with Crippen LogP contribution in [0, 0.1) is 0 Å². The van der Waals surface area contributed by atoms with E-state index in [-0.39, 0.29) is 35.8 Å². The topological polar surface area (TPSA) is 99.1 Å². The maximum Gasteiger partial charge on any atom is 0.363 e. The van der Waals surface area contributed by atoms with Gasteiger partial charge in [0.1, 0.15) is 0 Å². The number of aromatic hydroxyl groups is 1. The Hall–Kier alpha value is -2.54. The highest BCUT2D eigenvalue weighted by Gasteiger charge is 2.32. The molecule has 9 heteroatoms. The highest BCUT2D eigenvalue weighted by molar-refractivity contribution is 7.65. The van der Waals surface area contributed by atoms with Gasteiger partial charge in [-0.25, -0.2) is 0 Å². The Kier molecular flexibility index (Phi) is 7.87. The number of benzene rings is 1. The molecule has 0 saturated carbocycles. The number of anilines is 1. The number of ether oxygens (including phenoxy) is 2. The van der Waals surface area contributed by atoms with Crippen molar-refractivity contribution in [1.29, 1.82) is 0 Å². The molecule has 0 fully saturated rings. The molecule has 2 N–H and O–H groups in total. The molecule has 1 aromatic heterocycles. The molecule has 0 radical (unpaired) electrons. The molecule has 0 aliphatic rings. The monoisotopic (exact) mass is 408 g/mol. The molecule has 152 valence electrons. The average Bonchev–Trinajstić information content (AvgIpc) is 2.70. The number of methoxy groups -OCH3 is 2. The van der Waals surface area contributed by atoms with Crippen LogP contribution in [0.25, 0.3) is 5.31 Å². The number of hydrogen-bond acceptors (Lipinski definition) is 8. The normalized spacial score (nSPS) is 11.9. The van der Waals surface area contributed by atoms with Crippen LogP contribution in [0.4, 0.5) is 5.69 Å². The lowest BCUT2D eigenvalue weighted by Crippen LogP contribution is -2.02. The van der Waals surface area contributed by atoms with Gasteiger partial charge < -0.3 is 28.9 Å². The average molecular weight is 408 g/mol. The zero-order valence-electron chi connectivity index (χ0n) is 16.3. The van der Waals surface area contributed by atoms with Gasteiger partial charge in [-0.1, -0.05) is 0 Å². The smallest absolute Gasteiger partial charge is 0.363 e. The second kappa shape index (κ2) is 10.1. The van der Waals surface area contributed by atoms with Crippen LogP contribution in [-0.2, 0) is 13.6 Å². The number of aromatic nitrogens is 1. The van der Waals surface area contributed by atoms with Crippen LogP contribution in [0.15, 0.2) is 42.9 Å². The van der Waals surface area contributed by atoms with Gasteiger partial charge in [0, 0.05) is 12.4 Å². The minimum atomic E-state index is -3.68. The minimum Gasteiger partial charge on any atom is -0.502 e. The molecular formula is C19H25N2O6P. The first-order chi connectivity index (χ1) is 13.5. The van der Waals surface area contributed by atoms with Crippen molar-refractivity contribution < 1.29 is 28.2 Å². The fourth-order valence-corrected chi connectivity index (χ4v) is 4.18. The standard InChI is InChI=1S/C19H25N2O6P/c1-5-26-28(23,27-6-2)18(13-21-15-8-7-9-20-12-15)14-10-16(24-3)19(22)17(11-14)25-4/h7-13,21-22H,5-6H2,1-4H3. The summed E-state index contributed by atoms with van der Waals surface area (Å²) in [6, 6.07) is 6.66. The summed E-state index contributed by atoms with van der Waals surface area (Å²) in [6.45, 7) is 3.84. The lowest BCUT2D eigenvalue weighted by Gasteiger charge is -2.21. The van der Waals surface area contributed by atoms with Crippen molar-refractivity contribution >= 4 is 18.6 Å². The fraction of sp³-hybridized carbons (Fsp3) is 0.316. The maximum atomic E-state index is 13.5. The molecule has 0 spiro atoms. The van der Waals surface area contributed by atoms with Gasteiger partial charge in [0.25, 0.3) is 0 Å². The summed E-state index contributed by atoms with van der Waals surface area (Å²) >= 11 is 0. The first-order valence-electron chi connectivity index (χ1n) is 8.70. The SMILES string of the molecule is CCOP(=O)(OCC)C(=CNc1cccnc1)c1cc(OC)c(O)c(OC)c1. The molecule has 2 aromatic rings. The highest BCUT2D eigenvalue weighted by Crippen LogP contribution is 2.61. The number of nitrogens with one attached hydrogen (secondary N) is 1. The van der Waals surface area contributed by atoms with Gasteiger partial charge in [0.05, 0.1) is 44.6 Å². The molecular weight excluding hydrogens is 383 g/mol. The summed E-state index contributed by atoms with van der Waals surface area (Å²) in [5.41, 5.74) is 1.14. The van der Waals surface area contributed by atoms with E-state index in [4.69, 9.17) is 18.5 Å². The summed E-state index contributed by atoms with van der Waals surface area (Å²) in [5, 5.41) is 13.5. The lowest BCUT2D eigenvalue weighted by molar-refractivity contribution is 0.230. The zero-order valence-corrected chi connectivity index (χ0v) is 17.2. The fourth-order valence-electron chi connectivity index (χ4n) is 2.48. The van der Waals surface area contributed by atoms with Crippen LogP contribution in [0.1, 0.15) is 19.4 Å². The van der Waals surface area contributed by atoms with Gasteiger partial charge in [0.15, 0.2) is 11.5 Å². The number of phenols is 1. The first-order valence-corrected chi connectivity index (χ1v) is 10.2. The van der Waals surface area contributed by atoms with Crippen molar-refractivity contribution in [2.45, 2.75) is 13.8 Å². The van der Waals surface area contributed by atoms with E-state index in [1.54, 1.807) is 44.4 Å². The van der Waals surface area contributed by atoms with E-state index < -0.39 is 7.60 Å². The van der Waals surface area contributed by atoms with Crippen molar-refractivity contribution in [3.63, 3.8) is 0 Å². The molecule has 28 heavy (non-hydrogen) atoms. The predicted molar refractivity (Wildman–Crippen MR) is 108 cm³/mol. The number of phenolic OH excluding ortho intramolecular Hbond substituents is 1. The molecule has 0 aliphatic carbocycles. The molecule has 0 saturated heterocycles. The summed E-state index contributed by atoms with van der Waals surface area (Å²) in [5.74, 6) is 0.179.